The molecule has 0 aliphatic heterocycles. The first-order valence-corrected chi connectivity index (χ1v) is 23.4. The van der Waals surface area contributed by atoms with Crippen LogP contribution in [0, 0.1) is 5.92 Å². The quantitative estimate of drug-likeness (QED) is 0.160. The smallest absolute Gasteiger partial charge is 0.164 e. The van der Waals surface area contributed by atoms with Gasteiger partial charge in [-0.05, 0) is 91.4 Å². The van der Waals surface area contributed by atoms with Crippen molar-refractivity contribution in [2.45, 2.75) is 32.1 Å². The maximum atomic E-state index is 5.20. The molecule has 0 saturated carbocycles. The van der Waals surface area contributed by atoms with E-state index in [-0.39, 0.29) is 5.41 Å². The van der Waals surface area contributed by atoms with E-state index in [2.05, 4.69) is 209 Å². The summed E-state index contributed by atoms with van der Waals surface area (Å²) in [6, 6.07) is 67.7. The molecule has 0 radical (unpaired) electrons. The van der Waals surface area contributed by atoms with Gasteiger partial charge in [0, 0.05) is 48.2 Å². The second-order valence-electron chi connectivity index (χ2n) is 18.0. The van der Waals surface area contributed by atoms with Crippen molar-refractivity contribution in [1.29, 1.82) is 0 Å². The van der Waals surface area contributed by atoms with Crippen LogP contribution in [0.3, 0.4) is 0 Å². The standard InChI is InChI=1S/C61H45N3S/c1-38-35-43(39-15-6-4-7-16-39)31-33-47(38)45-32-34-54-52(37-45)56-48(22-14-26-55(56)65-54)40-27-29-42(30-28-40)59-62-58(41-17-8-5-9-18-41)63-60(64-59)46-20-12-19-44(36-46)49-23-13-24-51-50-21-10-11-25-53(50)61(2,3)57(49)51/h4-38,47H,1-3H3. The topological polar surface area (TPSA) is 38.7 Å². The van der Waals surface area contributed by atoms with Gasteiger partial charge in [0.1, 0.15) is 0 Å². The van der Waals surface area contributed by atoms with Crippen LogP contribution in [-0.4, -0.2) is 15.0 Å². The average molecular weight is 852 g/mol. The lowest BCUT2D eigenvalue weighted by Gasteiger charge is -2.24. The van der Waals surface area contributed by atoms with Crippen molar-refractivity contribution in [1.82, 2.24) is 15.0 Å². The van der Waals surface area contributed by atoms with Gasteiger partial charge in [0.2, 0.25) is 0 Å². The number of hydrogen-bond acceptors (Lipinski definition) is 4. The fourth-order valence-corrected chi connectivity index (χ4v) is 11.5. The molecule has 65 heavy (non-hydrogen) atoms. The lowest BCUT2D eigenvalue weighted by atomic mass is 9.79. The molecule has 310 valence electrons. The zero-order chi connectivity index (χ0) is 43.6. The number of benzene rings is 8. The molecule has 2 aliphatic rings. The highest BCUT2D eigenvalue weighted by Gasteiger charge is 2.37. The Morgan fingerprint density at radius 3 is 1.82 bits per heavy atom. The molecule has 2 aliphatic carbocycles. The third-order valence-corrected chi connectivity index (χ3v) is 14.8. The maximum absolute atomic E-state index is 5.20. The molecule has 0 fully saturated rings. The molecular weight excluding hydrogens is 807 g/mol. The first-order chi connectivity index (χ1) is 31.9. The second kappa shape index (κ2) is 15.6. The molecule has 0 spiro atoms. The van der Waals surface area contributed by atoms with Crippen molar-refractivity contribution in [2.24, 2.45) is 5.92 Å². The largest absolute Gasteiger partial charge is 0.208 e. The second-order valence-corrected chi connectivity index (χ2v) is 19.1. The number of rotatable bonds is 7. The van der Waals surface area contributed by atoms with Crippen LogP contribution in [0.2, 0.25) is 0 Å². The van der Waals surface area contributed by atoms with Crippen molar-refractivity contribution in [3.8, 4) is 67.5 Å². The van der Waals surface area contributed by atoms with E-state index in [4.69, 9.17) is 15.0 Å². The Hall–Kier alpha value is -7.53. The average Bonchev–Trinajstić information content (AvgIpc) is 3.86. The summed E-state index contributed by atoms with van der Waals surface area (Å²) in [6.45, 7) is 7.02. The van der Waals surface area contributed by atoms with E-state index < -0.39 is 0 Å². The van der Waals surface area contributed by atoms with E-state index in [1.165, 1.54) is 70.3 Å². The number of thiophene rings is 1. The van der Waals surface area contributed by atoms with E-state index >= 15 is 0 Å². The summed E-state index contributed by atoms with van der Waals surface area (Å²) in [5.74, 6) is 2.63. The highest BCUT2D eigenvalue weighted by Crippen LogP contribution is 2.52. The van der Waals surface area contributed by atoms with Crippen LogP contribution in [-0.2, 0) is 5.41 Å². The molecule has 2 aromatic heterocycles. The van der Waals surface area contributed by atoms with Gasteiger partial charge >= 0.3 is 0 Å². The number of fused-ring (bicyclic) bond motifs is 6. The molecular formula is C61H45N3S. The zero-order valence-corrected chi connectivity index (χ0v) is 37.4. The molecule has 2 heterocycles. The summed E-state index contributed by atoms with van der Waals surface area (Å²) in [6.07, 6.45) is 7.12. The minimum atomic E-state index is -0.132. The summed E-state index contributed by atoms with van der Waals surface area (Å²) < 4.78 is 2.60. The molecule has 2 unspecified atom stereocenters. The maximum Gasteiger partial charge on any atom is 0.164 e. The molecule has 10 aromatic rings. The van der Waals surface area contributed by atoms with Crippen LogP contribution in [0.25, 0.3) is 93.3 Å². The van der Waals surface area contributed by atoms with E-state index in [0.717, 1.165) is 27.8 Å². The molecule has 0 saturated heterocycles. The van der Waals surface area contributed by atoms with Gasteiger partial charge in [-0.2, -0.15) is 0 Å². The molecule has 0 bridgehead atoms. The van der Waals surface area contributed by atoms with E-state index in [9.17, 15) is 0 Å². The van der Waals surface area contributed by atoms with Crippen LogP contribution in [0.5, 0.6) is 0 Å². The number of aromatic nitrogens is 3. The minimum Gasteiger partial charge on any atom is -0.208 e. The van der Waals surface area contributed by atoms with Crippen molar-refractivity contribution in [3.63, 3.8) is 0 Å². The van der Waals surface area contributed by atoms with E-state index in [0.29, 0.717) is 29.3 Å². The summed E-state index contributed by atoms with van der Waals surface area (Å²) >= 11 is 1.87. The predicted molar refractivity (Wildman–Crippen MR) is 273 cm³/mol. The number of hydrogen-bond donors (Lipinski definition) is 0. The molecule has 8 aromatic carbocycles. The van der Waals surface area contributed by atoms with Gasteiger partial charge in [-0.25, -0.2) is 15.0 Å². The Bertz CT molecular complexity index is 3520. The van der Waals surface area contributed by atoms with Crippen molar-refractivity contribution < 1.29 is 0 Å². The van der Waals surface area contributed by atoms with Crippen LogP contribution in [0.4, 0.5) is 0 Å². The third-order valence-electron chi connectivity index (χ3n) is 13.6. The van der Waals surface area contributed by atoms with Gasteiger partial charge in [-0.3, -0.25) is 0 Å². The molecule has 12 rings (SSSR count). The lowest BCUT2D eigenvalue weighted by Crippen LogP contribution is -2.16. The van der Waals surface area contributed by atoms with Crippen LogP contribution < -0.4 is 0 Å². The van der Waals surface area contributed by atoms with Gasteiger partial charge < -0.3 is 0 Å². The van der Waals surface area contributed by atoms with Crippen molar-refractivity contribution in [3.05, 3.63) is 229 Å². The first-order valence-electron chi connectivity index (χ1n) is 22.5. The fourth-order valence-electron chi connectivity index (χ4n) is 10.4. The van der Waals surface area contributed by atoms with Crippen LogP contribution in [0.1, 0.15) is 48.9 Å². The molecule has 0 amide bonds. The monoisotopic (exact) mass is 851 g/mol. The normalized spacial score (nSPS) is 16.1. The first kappa shape index (κ1) is 39.1. The third kappa shape index (κ3) is 6.76. The highest BCUT2D eigenvalue weighted by molar-refractivity contribution is 7.25. The minimum absolute atomic E-state index is 0.132. The Kier molecular flexibility index (Phi) is 9.39. The summed E-state index contributed by atoms with van der Waals surface area (Å²) in [4.78, 5) is 15.4. The molecule has 3 nitrogen and oxygen atoms in total. The molecule has 2 atom stereocenters. The van der Waals surface area contributed by atoms with Gasteiger partial charge in [0.05, 0.1) is 0 Å². The van der Waals surface area contributed by atoms with Crippen molar-refractivity contribution in [2.75, 3.05) is 0 Å². The van der Waals surface area contributed by atoms with E-state index in [1.54, 1.807) is 0 Å². The summed E-state index contributed by atoms with van der Waals surface area (Å²) in [5, 5.41) is 2.62. The Morgan fingerprint density at radius 1 is 0.462 bits per heavy atom. The number of allylic oxidation sites excluding steroid dienone is 4. The summed E-state index contributed by atoms with van der Waals surface area (Å²) in [7, 11) is 0. The van der Waals surface area contributed by atoms with Gasteiger partial charge in [-0.15, -0.1) is 11.3 Å². The van der Waals surface area contributed by atoms with Gasteiger partial charge in [0.15, 0.2) is 17.5 Å². The number of nitrogens with zero attached hydrogens (tertiary/aromatic N) is 3. The van der Waals surface area contributed by atoms with Gasteiger partial charge in [0.25, 0.3) is 0 Å². The Morgan fingerprint density at radius 2 is 1.05 bits per heavy atom. The van der Waals surface area contributed by atoms with E-state index in [1.807, 2.05) is 29.5 Å². The highest BCUT2D eigenvalue weighted by atomic mass is 32.1. The fraction of sp³-hybridized carbons (Fsp3) is 0.0984. The van der Waals surface area contributed by atoms with Crippen LogP contribution in [0.15, 0.2) is 206 Å². The Balaban J connectivity index is 0.906. The molecule has 0 N–H and O–H groups in total. The van der Waals surface area contributed by atoms with Crippen LogP contribution >= 0.6 is 11.3 Å². The lowest BCUT2D eigenvalue weighted by molar-refractivity contribution is 0.638. The Labute approximate surface area is 384 Å². The van der Waals surface area contributed by atoms with Crippen molar-refractivity contribution >= 4 is 37.1 Å². The zero-order valence-electron chi connectivity index (χ0n) is 36.5. The predicted octanol–water partition coefficient (Wildman–Crippen LogP) is 16.3. The summed E-state index contributed by atoms with van der Waals surface area (Å²) in [5.41, 5.74) is 16.7. The SMILES string of the molecule is CC1C=C(c2ccccc2)C=CC1c1ccc2sc3cccc(-c4ccc(-c5nc(-c6ccccc6)nc(-c6cccc(-c7cccc8c7C(C)(C)c7ccccc7-8)c6)n5)cc4)c3c2c1. The molecule has 4 heteroatoms. The van der Waals surface area contributed by atoms with Gasteiger partial charge in [-0.1, -0.05) is 203 Å².